The molecule has 6 nitrogen and oxygen atoms in total. The molecule has 148 valence electrons. The number of thiophene rings is 1. The van der Waals surface area contributed by atoms with Crippen LogP contribution in [-0.2, 0) is 13.0 Å². The average Bonchev–Trinajstić information content (AvgIpc) is 3.37. The molecule has 0 saturated carbocycles. The Bertz CT molecular complexity index is 1170. The number of benzene rings is 1. The number of hydrogen-bond acceptors (Lipinski definition) is 8. The van der Waals surface area contributed by atoms with Crippen LogP contribution < -0.4 is 14.5 Å². The van der Waals surface area contributed by atoms with Gasteiger partial charge in [0.05, 0.1) is 24.7 Å². The van der Waals surface area contributed by atoms with Gasteiger partial charge in [0.1, 0.15) is 22.7 Å². The summed E-state index contributed by atoms with van der Waals surface area (Å²) in [6, 6.07) is 8.18. The third kappa shape index (κ3) is 3.22. The number of aromatic nitrogens is 3. The summed E-state index contributed by atoms with van der Waals surface area (Å²) in [5, 5.41) is 4.37. The second-order valence-electron chi connectivity index (χ2n) is 7.19. The highest BCUT2D eigenvalue weighted by Gasteiger charge is 2.25. The molecule has 1 aromatic carbocycles. The molecule has 0 spiro atoms. The number of methoxy groups -OCH3 is 1. The number of hydrogen-bond donors (Lipinski definition) is 0. The Morgan fingerprint density at radius 3 is 2.72 bits per heavy atom. The summed E-state index contributed by atoms with van der Waals surface area (Å²) in [6.07, 6.45) is 2.62. The molecule has 8 heteroatoms. The lowest BCUT2D eigenvalue weighted by Crippen LogP contribution is -2.30. The second-order valence-corrected chi connectivity index (χ2v) is 9.11. The van der Waals surface area contributed by atoms with Crippen molar-refractivity contribution >= 4 is 43.8 Å². The van der Waals surface area contributed by atoms with Gasteiger partial charge in [0.15, 0.2) is 5.13 Å². The van der Waals surface area contributed by atoms with E-state index in [1.165, 1.54) is 16.1 Å². The largest absolute Gasteiger partial charge is 0.497 e. The van der Waals surface area contributed by atoms with Crippen molar-refractivity contribution in [3.8, 4) is 16.9 Å². The van der Waals surface area contributed by atoms with Crippen LogP contribution in [0.5, 0.6) is 5.75 Å². The standard InChI is InChI=1S/C21H21N5OS2/c1-25(2)21-24-16-8-9-26(10-17(16)29-21)19-18-15(11-28-20(18)23-12-22-19)13-4-6-14(27-3)7-5-13/h4-7,11-12H,8-10H2,1-3H3. The summed E-state index contributed by atoms with van der Waals surface area (Å²) in [5.74, 6) is 1.86. The van der Waals surface area contributed by atoms with E-state index in [4.69, 9.17) is 14.7 Å². The van der Waals surface area contributed by atoms with E-state index in [2.05, 4.69) is 32.3 Å². The van der Waals surface area contributed by atoms with E-state index in [1.807, 2.05) is 26.2 Å². The molecule has 0 atom stereocenters. The lowest BCUT2D eigenvalue weighted by atomic mass is 10.1. The van der Waals surface area contributed by atoms with Crippen LogP contribution in [-0.4, -0.2) is 42.7 Å². The van der Waals surface area contributed by atoms with Gasteiger partial charge in [-0.2, -0.15) is 0 Å². The smallest absolute Gasteiger partial charge is 0.185 e. The molecule has 4 aromatic rings. The molecule has 0 radical (unpaired) electrons. The number of fused-ring (bicyclic) bond motifs is 2. The highest BCUT2D eigenvalue weighted by atomic mass is 32.1. The summed E-state index contributed by atoms with van der Waals surface area (Å²) in [4.78, 5) is 20.8. The zero-order valence-corrected chi connectivity index (χ0v) is 18.2. The van der Waals surface area contributed by atoms with Crippen LogP contribution in [0.15, 0.2) is 36.0 Å². The highest BCUT2D eigenvalue weighted by molar-refractivity contribution is 7.17. The summed E-state index contributed by atoms with van der Waals surface area (Å²) >= 11 is 3.44. The van der Waals surface area contributed by atoms with Gasteiger partial charge in [-0.15, -0.1) is 11.3 Å². The zero-order chi connectivity index (χ0) is 20.0. The number of ether oxygens (including phenoxy) is 1. The Morgan fingerprint density at radius 2 is 1.97 bits per heavy atom. The molecule has 0 N–H and O–H groups in total. The highest BCUT2D eigenvalue weighted by Crippen LogP contribution is 2.40. The van der Waals surface area contributed by atoms with E-state index in [1.54, 1.807) is 36.1 Å². The van der Waals surface area contributed by atoms with E-state index >= 15 is 0 Å². The Kier molecular flexibility index (Phi) is 4.60. The maximum Gasteiger partial charge on any atom is 0.185 e. The van der Waals surface area contributed by atoms with Gasteiger partial charge in [-0.25, -0.2) is 15.0 Å². The topological polar surface area (TPSA) is 54.4 Å². The van der Waals surface area contributed by atoms with Crippen LogP contribution in [0.25, 0.3) is 21.3 Å². The molecule has 0 aliphatic carbocycles. The predicted octanol–water partition coefficient (Wildman–Crippen LogP) is 4.45. The maximum absolute atomic E-state index is 5.31. The number of thiazole rings is 1. The Balaban J connectivity index is 1.55. The lowest BCUT2D eigenvalue weighted by molar-refractivity contribution is 0.415. The molecule has 29 heavy (non-hydrogen) atoms. The fourth-order valence-corrected chi connectivity index (χ4v) is 5.59. The summed E-state index contributed by atoms with van der Waals surface area (Å²) in [5.41, 5.74) is 3.55. The first kappa shape index (κ1) is 18.3. The fourth-order valence-electron chi connectivity index (χ4n) is 3.64. The Morgan fingerprint density at radius 1 is 1.14 bits per heavy atom. The van der Waals surface area contributed by atoms with Gasteiger partial charge in [-0.3, -0.25) is 0 Å². The Labute approximate surface area is 177 Å². The molecule has 0 bridgehead atoms. The second kappa shape index (κ2) is 7.27. The van der Waals surface area contributed by atoms with E-state index in [0.717, 1.165) is 52.0 Å². The molecule has 5 rings (SSSR count). The molecule has 0 unspecified atom stereocenters. The van der Waals surface area contributed by atoms with Crippen LogP contribution in [0, 0.1) is 0 Å². The quantitative estimate of drug-likeness (QED) is 0.483. The SMILES string of the molecule is COc1ccc(-c2csc3ncnc(N4CCc5nc(N(C)C)sc5C4)c23)cc1. The van der Waals surface area contributed by atoms with Crippen LogP contribution in [0.3, 0.4) is 0 Å². The van der Waals surface area contributed by atoms with Crippen molar-refractivity contribution in [3.63, 3.8) is 0 Å². The third-order valence-corrected chi connectivity index (χ3v) is 7.29. The molecule has 3 aromatic heterocycles. The van der Waals surface area contributed by atoms with Gasteiger partial charge in [0, 0.05) is 42.9 Å². The minimum Gasteiger partial charge on any atom is -0.497 e. The molecule has 4 heterocycles. The molecule has 1 aliphatic heterocycles. The fraction of sp³-hybridized carbons (Fsp3) is 0.286. The van der Waals surface area contributed by atoms with E-state index < -0.39 is 0 Å². The van der Waals surface area contributed by atoms with E-state index in [0.29, 0.717) is 0 Å². The first-order chi connectivity index (χ1) is 14.1. The minimum absolute atomic E-state index is 0.838. The summed E-state index contributed by atoms with van der Waals surface area (Å²) in [7, 11) is 5.78. The van der Waals surface area contributed by atoms with Crippen molar-refractivity contribution in [2.24, 2.45) is 0 Å². The molecular weight excluding hydrogens is 402 g/mol. The van der Waals surface area contributed by atoms with Crippen molar-refractivity contribution < 1.29 is 4.74 Å². The van der Waals surface area contributed by atoms with Gasteiger partial charge in [-0.1, -0.05) is 23.5 Å². The number of nitrogens with zero attached hydrogens (tertiary/aromatic N) is 5. The number of anilines is 2. The average molecular weight is 424 g/mol. The van der Waals surface area contributed by atoms with Crippen molar-refractivity contribution in [2.75, 3.05) is 37.5 Å². The van der Waals surface area contributed by atoms with Crippen LogP contribution >= 0.6 is 22.7 Å². The monoisotopic (exact) mass is 423 g/mol. The van der Waals surface area contributed by atoms with Crippen molar-refractivity contribution in [3.05, 3.63) is 46.5 Å². The lowest BCUT2D eigenvalue weighted by Gasteiger charge is -2.27. The van der Waals surface area contributed by atoms with Gasteiger partial charge < -0.3 is 14.5 Å². The number of rotatable bonds is 4. The van der Waals surface area contributed by atoms with Crippen LogP contribution in [0.4, 0.5) is 10.9 Å². The zero-order valence-electron chi connectivity index (χ0n) is 16.5. The van der Waals surface area contributed by atoms with E-state index in [9.17, 15) is 0 Å². The normalized spacial score (nSPS) is 13.6. The van der Waals surface area contributed by atoms with Crippen molar-refractivity contribution in [1.82, 2.24) is 15.0 Å². The van der Waals surface area contributed by atoms with E-state index in [-0.39, 0.29) is 0 Å². The van der Waals surface area contributed by atoms with Crippen LogP contribution in [0.2, 0.25) is 0 Å². The third-order valence-electron chi connectivity index (χ3n) is 5.15. The molecule has 0 amide bonds. The van der Waals surface area contributed by atoms with Crippen molar-refractivity contribution in [1.29, 1.82) is 0 Å². The Hall–Kier alpha value is -2.71. The maximum atomic E-state index is 5.31. The van der Waals surface area contributed by atoms with Gasteiger partial charge in [0.25, 0.3) is 0 Å². The molecule has 0 saturated heterocycles. The van der Waals surface area contributed by atoms with Crippen molar-refractivity contribution in [2.45, 2.75) is 13.0 Å². The molecule has 0 fully saturated rings. The summed E-state index contributed by atoms with van der Waals surface area (Å²) in [6.45, 7) is 1.75. The van der Waals surface area contributed by atoms with Crippen LogP contribution in [0.1, 0.15) is 10.6 Å². The summed E-state index contributed by atoms with van der Waals surface area (Å²) < 4.78 is 5.31. The van der Waals surface area contributed by atoms with Gasteiger partial charge in [0.2, 0.25) is 0 Å². The first-order valence-electron chi connectivity index (χ1n) is 9.41. The first-order valence-corrected chi connectivity index (χ1v) is 11.1. The van der Waals surface area contributed by atoms with Gasteiger partial charge >= 0.3 is 0 Å². The molecular formula is C21H21N5OS2. The molecule has 1 aliphatic rings. The minimum atomic E-state index is 0.838. The van der Waals surface area contributed by atoms with Gasteiger partial charge in [-0.05, 0) is 17.7 Å². The predicted molar refractivity (Wildman–Crippen MR) is 121 cm³/mol.